The molecule has 0 radical (unpaired) electrons. The fourth-order valence-corrected chi connectivity index (χ4v) is 1.99. The van der Waals surface area contributed by atoms with Gasteiger partial charge in [-0.15, -0.1) is 10.2 Å². The van der Waals surface area contributed by atoms with Crippen molar-refractivity contribution >= 4 is 5.91 Å². The number of nitrogens with zero attached hydrogens (tertiary/aromatic N) is 3. The Morgan fingerprint density at radius 1 is 1.30 bits per heavy atom. The third-order valence-corrected chi connectivity index (χ3v) is 2.80. The van der Waals surface area contributed by atoms with Crippen molar-refractivity contribution in [3.8, 4) is 5.69 Å². The molecule has 0 unspecified atom stereocenters. The topological polar surface area (TPSA) is 69.0 Å². The van der Waals surface area contributed by atoms with Crippen LogP contribution in [0.2, 0.25) is 0 Å². The van der Waals surface area contributed by atoms with E-state index in [1.165, 1.54) is 0 Å². The van der Waals surface area contributed by atoms with E-state index in [0.29, 0.717) is 12.2 Å². The zero-order valence-corrected chi connectivity index (χ0v) is 11.8. The van der Waals surface area contributed by atoms with E-state index in [1.807, 2.05) is 32.0 Å². The molecule has 2 rings (SSSR count). The van der Waals surface area contributed by atoms with Gasteiger partial charge in [0.05, 0.1) is 23.4 Å². The summed E-state index contributed by atoms with van der Waals surface area (Å²) in [5.74, 6) is -0.156. The number of para-hydroxylation sites is 1. The van der Waals surface area contributed by atoms with Gasteiger partial charge in [0.1, 0.15) is 12.7 Å². The Balaban J connectivity index is 2.27. The van der Waals surface area contributed by atoms with Crippen LogP contribution in [0.1, 0.15) is 24.2 Å². The highest BCUT2D eigenvalue weighted by Gasteiger charge is 2.22. The summed E-state index contributed by atoms with van der Waals surface area (Å²) in [6.45, 7) is 4.26. The first-order valence-corrected chi connectivity index (χ1v) is 6.29. The molecule has 6 heteroatoms. The molecule has 1 N–H and O–H groups in total. The van der Waals surface area contributed by atoms with Gasteiger partial charge in [-0.2, -0.15) is 0 Å². The van der Waals surface area contributed by atoms with E-state index in [9.17, 15) is 4.79 Å². The predicted molar refractivity (Wildman–Crippen MR) is 74.8 cm³/mol. The van der Waals surface area contributed by atoms with Gasteiger partial charge >= 0.3 is 0 Å². The van der Waals surface area contributed by atoms with Gasteiger partial charge in [-0.05, 0) is 26.0 Å². The zero-order chi connectivity index (χ0) is 14.6. The second-order valence-electron chi connectivity index (χ2n) is 5.16. The molecule has 0 spiro atoms. The summed E-state index contributed by atoms with van der Waals surface area (Å²) in [7, 11) is 1.61. The Hall–Kier alpha value is -2.21. The lowest BCUT2D eigenvalue weighted by atomic mass is 10.1. The Bertz CT molecular complexity index is 579. The number of methoxy groups -OCH3 is 1. The average Bonchev–Trinajstić information content (AvgIpc) is 2.91. The van der Waals surface area contributed by atoms with E-state index in [2.05, 4.69) is 15.5 Å². The van der Waals surface area contributed by atoms with Crippen LogP contribution in [-0.2, 0) is 4.74 Å². The van der Waals surface area contributed by atoms with Gasteiger partial charge < -0.3 is 10.1 Å². The van der Waals surface area contributed by atoms with Crippen molar-refractivity contribution in [2.45, 2.75) is 19.4 Å². The lowest BCUT2D eigenvalue weighted by Gasteiger charge is -2.25. The molecule has 1 heterocycles. The molecule has 1 aromatic heterocycles. The lowest BCUT2D eigenvalue weighted by molar-refractivity contribution is 0.0820. The monoisotopic (exact) mass is 274 g/mol. The minimum absolute atomic E-state index is 0.156. The van der Waals surface area contributed by atoms with E-state index in [1.54, 1.807) is 30.4 Å². The van der Waals surface area contributed by atoms with Crippen LogP contribution in [-0.4, -0.2) is 39.9 Å². The highest BCUT2D eigenvalue weighted by molar-refractivity contribution is 5.98. The summed E-state index contributed by atoms with van der Waals surface area (Å²) in [6.07, 6.45) is 3.12. The largest absolute Gasteiger partial charge is 0.382 e. The molecular weight excluding hydrogens is 256 g/mol. The number of aromatic nitrogens is 3. The van der Waals surface area contributed by atoms with Crippen LogP contribution in [0.5, 0.6) is 0 Å². The van der Waals surface area contributed by atoms with Crippen LogP contribution in [0, 0.1) is 0 Å². The number of hydrogen-bond acceptors (Lipinski definition) is 4. The van der Waals surface area contributed by atoms with Crippen LogP contribution in [0.3, 0.4) is 0 Å². The van der Waals surface area contributed by atoms with Crippen LogP contribution in [0.15, 0.2) is 36.9 Å². The molecule has 1 amide bonds. The predicted octanol–water partition coefficient (Wildman–Crippen LogP) is 1.42. The van der Waals surface area contributed by atoms with Gasteiger partial charge in [0.15, 0.2) is 0 Å². The minimum Gasteiger partial charge on any atom is -0.382 e. The Morgan fingerprint density at radius 2 is 1.95 bits per heavy atom. The van der Waals surface area contributed by atoms with Crippen LogP contribution >= 0.6 is 0 Å². The van der Waals surface area contributed by atoms with Crippen LogP contribution in [0.25, 0.3) is 5.69 Å². The van der Waals surface area contributed by atoms with E-state index in [-0.39, 0.29) is 5.91 Å². The smallest absolute Gasteiger partial charge is 0.253 e. The lowest BCUT2D eigenvalue weighted by Crippen LogP contribution is -2.47. The summed E-state index contributed by atoms with van der Waals surface area (Å²) in [6, 6.07) is 7.31. The Kier molecular flexibility index (Phi) is 4.14. The van der Waals surface area contributed by atoms with Crippen LogP contribution < -0.4 is 5.32 Å². The van der Waals surface area contributed by atoms with Crippen molar-refractivity contribution in [2.75, 3.05) is 13.7 Å². The molecule has 0 saturated carbocycles. The number of ether oxygens (including phenoxy) is 1. The van der Waals surface area contributed by atoms with Gasteiger partial charge in [0.25, 0.3) is 5.91 Å². The maximum Gasteiger partial charge on any atom is 0.253 e. The average molecular weight is 274 g/mol. The minimum atomic E-state index is -0.438. The van der Waals surface area contributed by atoms with Crippen molar-refractivity contribution in [2.24, 2.45) is 0 Å². The third-order valence-electron chi connectivity index (χ3n) is 2.80. The molecule has 1 aromatic carbocycles. The maximum absolute atomic E-state index is 12.4. The molecule has 2 aromatic rings. The molecule has 6 nitrogen and oxygen atoms in total. The first kappa shape index (κ1) is 14.2. The Morgan fingerprint density at radius 3 is 2.60 bits per heavy atom. The summed E-state index contributed by atoms with van der Waals surface area (Å²) < 4.78 is 6.81. The van der Waals surface area contributed by atoms with Crippen LogP contribution in [0.4, 0.5) is 0 Å². The first-order valence-electron chi connectivity index (χ1n) is 6.29. The molecular formula is C14H18N4O2. The zero-order valence-electron chi connectivity index (χ0n) is 11.8. The number of amides is 1. The normalized spacial score (nSPS) is 11.3. The summed E-state index contributed by atoms with van der Waals surface area (Å²) in [4.78, 5) is 12.4. The van der Waals surface area contributed by atoms with Crippen molar-refractivity contribution in [3.05, 3.63) is 42.5 Å². The van der Waals surface area contributed by atoms with E-state index in [4.69, 9.17) is 4.74 Å². The third kappa shape index (κ3) is 3.21. The fraction of sp³-hybridized carbons (Fsp3) is 0.357. The molecule has 0 saturated heterocycles. The highest BCUT2D eigenvalue weighted by atomic mass is 16.5. The van der Waals surface area contributed by atoms with Gasteiger partial charge in [0, 0.05) is 7.11 Å². The van der Waals surface area contributed by atoms with Gasteiger partial charge in [-0.3, -0.25) is 9.36 Å². The van der Waals surface area contributed by atoms with Crippen molar-refractivity contribution < 1.29 is 9.53 Å². The highest BCUT2D eigenvalue weighted by Crippen LogP contribution is 2.15. The Labute approximate surface area is 117 Å². The molecule has 106 valence electrons. The standard InChI is InChI=1S/C14H18N4O2/c1-14(2,8-20-3)17-13(19)11-6-4-5-7-12(11)18-9-15-16-10-18/h4-7,9-10H,8H2,1-3H3,(H,17,19). The molecule has 0 atom stereocenters. The number of hydrogen-bond donors (Lipinski definition) is 1. The van der Waals surface area contributed by atoms with Crippen molar-refractivity contribution in [1.29, 1.82) is 0 Å². The van der Waals surface area contributed by atoms with Gasteiger partial charge in [-0.1, -0.05) is 12.1 Å². The number of nitrogens with one attached hydrogen (secondary N) is 1. The number of rotatable bonds is 5. The molecule has 0 aliphatic heterocycles. The summed E-state index contributed by atoms with van der Waals surface area (Å²) in [5.41, 5.74) is 0.867. The molecule has 0 fully saturated rings. The van der Waals surface area contributed by atoms with E-state index in [0.717, 1.165) is 5.69 Å². The first-order chi connectivity index (χ1) is 9.53. The molecule has 0 aliphatic rings. The second-order valence-corrected chi connectivity index (χ2v) is 5.16. The molecule has 20 heavy (non-hydrogen) atoms. The molecule has 0 bridgehead atoms. The number of carbonyl (C=O) groups excluding carboxylic acids is 1. The fourth-order valence-electron chi connectivity index (χ4n) is 1.99. The van der Waals surface area contributed by atoms with Gasteiger partial charge in [-0.25, -0.2) is 0 Å². The maximum atomic E-state index is 12.4. The summed E-state index contributed by atoms with van der Waals surface area (Å²) in [5, 5.41) is 10.5. The number of benzene rings is 1. The van der Waals surface area contributed by atoms with E-state index >= 15 is 0 Å². The van der Waals surface area contributed by atoms with Gasteiger partial charge in [0.2, 0.25) is 0 Å². The SMILES string of the molecule is COCC(C)(C)NC(=O)c1ccccc1-n1cnnc1. The van der Waals surface area contributed by atoms with Crippen molar-refractivity contribution in [1.82, 2.24) is 20.1 Å². The van der Waals surface area contributed by atoms with Crippen molar-refractivity contribution in [3.63, 3.8) is 0 Å². The quantitative estimate of drug-likeness (QED) is 0.895. The number of carbonyl (C=O) groups is 1. The molecule has 0 aliphatic carbocycles. The summed E-state index contributed by atoms with van der Waals surface area (Å²) >= 11 is 0. The van der Waals surface area contributed by atoms with E-state index < -0.39 is 5.54 Å². The second kappa shape index (κ2) is 5.83.